The number of hydrogen-bond acceptors (Lipinski definition) is 4. The van der Waals surface area contributed by atoms with Gasteiger partial charge in [0.05, 0.1) is 27.8 Å². The molecule has 0 bridgehead atoms. The molecule has 8 heterocycles. The summed E-state index contributed by atoms with van der Waals surface area (Å²) in [6, 6.07) is 91.1. The van der Waals surface area contributed by atoms with E-state index in [-0.39, 0.29) is 57.0 Å². The fourth-order valence-corrected chi connectivity index (χ4v) is 22.5. The van der Waals surface area contributed by atoms with Crippen LogP contribution >= 0.6 is 11.6 Å². The third kappa shape index (κ3) is 10.4. The highest BCUT2D eigenvalue weighted by molar-refractivity contribution is 7.01. The molecule has 564 valence electrons. The number of nitrogens with zero attached hydrogens (tertiary/aromatic N) is 5. The van der Waals surface area contributed by atoms with Gasteiger partial charge < -0.3 is 29.2 Å². The van der Waals surface area contributed by atoms with Crippen molar-refractivity contribution in [2.45, 2.75) is 206 Å². The van der Waals surface area contributed by atoms with Gasteiger partial charge in [0.25, 0.3) is 13.4 Å². The second kappa shape index (κ2) is 24.9. The number of rotatable bonds is 5. The minimum Gasteiger partial charge on any atom is -0.356 e. The molecular weight excluding hydrogens is 1390 g/mol. The molecule has 12 aromatic carbocycles. The molecular formula is C104H105B2ClN6. The van der Waals surface area contributed by atoms with Gasteiger partial charge in [-0.3, -0.25) is 0 Å². The van der Waals surface area contributed by atoms with Crippen molar-refractivity contribution in [1.82, 2.24) is 9.13 Å². The number of fused-ring (bicyclic) bond motifs is 20. The van der Waals surface area contributed by atoms with E-state index in [1.54, 1.807) is 5.56 Å². The highest BCUT2D eigenvalue weighted by atomic mass is 35.5. The maximum atomic E-state index is 7.16. The molecule has 6 nitrogen and oxygen atoms in total. The third-order valence-electron chi connectivity index (χ3n) is 28.7. The molecule has 8 aliphatic rings. The van der Waals surface area contributed by atoms with Gasteiger partial charge in [0.1, 0.15) is 0 Å². The fraction of sp³-hybridized carbons (Fsp3) is 0.308. The van der Waals surface area contributed by atoms with Gasteiger partial charge in [0.2, 0.25) is 0 Å². The average molecular weight is 1500 g/mol. The van der Waals surface area contributed by atoms with Gasteiger partial charge in [-0.05, 0) is 237 Å². The summed E-state index contributed by atoms with van der Waals surface area (Å²) in [5, 5.41) is 9.56. The monoisotopic (exact) mass is 1490 g/mol. The van der Waals surface area contributed by atoms with Gasteiger partial charge in [-0.25, -0.2) is 0 Å². The Hall–Kier alpha value is -10.1. The van der Waals surface area contributed by atoms with Crippen molar-refractivity contribution in [3.05, 3.63) is 281 Å². The number of hydrogen-bond donors (Lipinski definition) is 1. The molecule has 4 unspecified atom stereocenters. The van der Waals surface area contributed by atoms with Gasteiger partial charge in [0.15, 0.2) is 0 Å². The molecule has 2 fully saturated rings. The normalized spacial score (nSPS) is 20.4. The SMILES string of the molecule is CC(C)(C)c1ccc2c(c1)c1cc(C(C)(C)C)cc3c1n2-c1cc(Cl)cc2c1B3c1cccc3c1N2C1(C)CCCCC31C.CC(C)(C)c1ccc2c(c1)c1cc(C(C)(C)C)cc3c1n2-c1cc(N(c2ccccc2)c2ccccc2)cc2c1B3c1cccc3c1N2C1(C)CCCCC31C.c1ccc(Nc2ccccc2)cc1. The van der Waals surface area contributed by atoms with Gasteiger partial charge in [-0.1, -0.05) is 268 Å². The number of benzene rings is 12. The highest BCUT2D eigenvalue weighted by Crippen LogP contribution is 2.64. The first-order valence-corrected chi connectivity index (χ1v) is 42.3. The summed E-state index contributed by atoms with van der Waals surface area (Å²) in [7, 11) is 0. The van der Waals surface area contributed by atoms with E-state index in [0.29, 0.717) is 0 Å². The van der Waals surface area contributed by atoms with Crippen LogP contribution in [0.25, 0.3) is 55.0 Å². The fourth-order valence-electron chi connectivity index (χ4n) is 22.3. The minimum atomic E-state index is -0.0470. The lowest BCUT2D eigenvalue weighted by Gasteiger charge is -2.52. The first kappa shape index (κ1) is 71.9. The van der Waals surface area contributed by atoms with Crippen LogP contribution in [0.3, 0.4) is 0 Å². The zero-order valence-electron chi connectivity index (χ0n) is 69.0. The van der Waals surface area contributed by atoms with Crippen LogP contribution in [-0.4, -0.2) is 33.6 Å². The molecule has 2 saturated carbocycles. The lowest BCUT2D eigenvalue weighted by atomic mass is 9.33. The predicted octanol–water partition coefficient (Wildman–Crippen LogP) is 24.1. The summed E-state index contributed by atoms with van der Waals surface area (Å²) in [5.41, 5.74) is 36.8. The van der Waals surface area contributed by atoms with Crippen molar-refractivity contribution < 1.29 is 0 Å². The van der Waals surface area contributed by atoms with Gasteiger partial charge in [0, 0.05) is 105 Å². The van der Waals surface area contributed by atoms with Crippen molar-refractivity contribution in [1.29, 1.82) is 0 Å². The predicted molar refractivity (Wildman–Crippen MR) is 487 cm³/mol. The number of aromatic nitrogens is 2. The molecule has 0 saturated heterocycles. The molecule has 0 spiro atoms. The summed E-state index contributed by atoms with van der Waals surface area (Å²) in [4.78, 5) is 8.10. The van der Waals surface area contributed by atoms with Crippen LogP contribution in [0.1, 0.15) is 196 Å². The van der Waals surface area contributed by atoms with Gasteiger partial charge >= 0.3 is 0 Å². The van der Waals surface area contributed by atoms with E-state index in [0.717, 1.165) is 27.8 Å². The Bertz CT molecular complexity index is 6190. The Morgan fingerprint density at radius 3 is 1.12 bits per heavy atom. The van der Waals surface area contributed by atoms with E-state index in [9.17, 15) is 0 Å². The van der Waals surface area contributed by atoms with Crippen LogP contribution in [0.15, 0.2) is 243 Å². The van der Waals surface area contributed by atoms with E-state index in [2.05, 4.69) is 322 Å². The molecule has 0 amide bonds. The van der Waals surface area contributed by atoms with Crippen LogP contribution in [0.5, 0.6) is 0 Å². The molecule has 2 aliphatic carbocycles. The summed E-state index contributed by atoms with van der Waals surface area (Å²) >= 11 is 7.16. The molecule has 4 atom stereocenters. The largest absolute Gasteiger partial charge is 0.356 e. The summed E-state index contributed by atoms with van der Waals surface area (Å²) in [6.07, 6.45) is 9.93. The van der Waals surface area contributed by atoms with Crippen LogP contribution in [0.2, 0.25) is 5.02 Å². The molecule has 22 rings (SSSR count). The molecule has 6 aliphatic heterocycles. The van der Waals surface area contributed by atoms with Gasteiger partial charge in [-0.2, -0.15) is 0 Å². The van der Waals surface area contributed by atoms with E-state index in [4.69, 9.17) is 11.6 Å². The molecule has 9 heteroatoms. The maximum Gasteiger partial charge on any atom is 0.252 e. The number of anilines is 9. The Morgan fingerprint density at radius 2 is 0.708 bits per heavy atom. The smallest absolute Gasteiger partial charge is 0.252 e. The van der Waals surface area contributed by atoms with Crippen LogP contribution in [-0.2, 0) is 32.5 Å². The van der Waals surface area contributed by atoms with Crippen molar-refractivity contribution in [3.8, 4) is 11.4 Å². The summed E-state index contributed by atoms with van der Waals surface area (Å²) in [5.74, 6) is 0. The molecule has 14 aromatic rings. The topological polar surface area (TPSA) is 31.6 Å². The standard InChI is InChI=1S/C52H52BN3.C40H42BClN2.C12H11N/c1-49(2,3)33-24-25-43-38(28-33)39-29-34(50(4,5)6)30-42-47(39)55(43)44-31-37(54(35-18-11-9-12-19-35)36-20-13-10-14-21-36)32-45-46(44)53(42)41-23-17-22-40-48(41)56(45)52(8)27-16-15-26-51(40,52)7;1-37(2,3)23-14-15-31-26(18-23)27-19-24(38(4,5)6)20-30-35(27)43(31)32-21-25(42)22-33-34(32)41(30)29-13-11-12-28-36(29)44(33)40(8)17-10-9-16-39(28,40)7;1-3-7-11(8-4-1)13-12-9-5-2-6-10-12/h9-14,17-25,28-32H,15-16,26-27H2,1-8H3;11-15,18-22H,9-10,16-17H2,1-8H3;1-10,13H. The lowest BCUT2D eigenvalue weighted by molar-refractivity contribution is 0.195. The van der Waals surface area contributed by atoms with Crippen LogP contribution < -0.4 is 52.8 Å². The average Bonchev–Trinajstić information content (AvgIpc) is 1.51. The third-order valence-corrected chi connectivity index (χ3v) is 28.9. The van der Waals surface area contributed by atoms with E-state index in [1.807, 2.05) is 60.7 Å². The van der Waals surface area contributed by atoms with E-state index >= 15 is 0 Å². The van der Waals surface area contributed by atoms with Crippen molar-refractivity contribution in [2.24, 2.45) is 0 Å². The van der Waals surface area contributed by atoms with Gasteiger partial charge in [-0.15, -0.1) is 0 Å². The van der Waals surface area contributed by atoms with Crippen LogP contribution in [0.4, 0.5) is 51.2 Å². The second-order valence-corrected chi connectivity index (χ2v) is 39.8. The number of nitrogens with one attached hydrogen (secondary N) is 1. The maximum absolute atomic E-state index is 7.16. The quantitative estimate of drug-likeness (QED) is 0.174. The molecule has 113 heavy (non-hydrogen) atoms. The zero-order valence-corrected chi connectivity index (χ0v) is 69.8. The minimum absolute atomic E-state index is 0.00514. The Morgan fingerprint density at radius 1 is 0.345 bits per heavy atom. The lowest BCUT2D eigenvalue weighted by Crippen LogP contribution is -2.64. The first-order chi connectivity index (χ1) is 54.0. The highest BCUT2D eigenvalue weighted by Gasteiger charge is 2.63. The summed E-state index contributed by atoms with van der Waals surface area (Å²) < 4.78 is 5.23. The summed E-state index contributed by atoms with van der Waals surface area (Å²) in [6.45, 7) is 38.7. The molecule has 2 aromatic heterocycles. The Kier molecular flexibility index (Phi) is 15.9. The molecule has 0 radical (unpaired) electrons. The number of para-hydroxylation sites is 6. The number of halogens is 1. The zero-order chi connectivity index (χ0) is 78.2. The van der Waals surface area contributed by atoms with E-state index in [1.165, 1.54) is 195 Å². The van der Waals surface area contributed by atoms with Crippen LogP contribution in [0, 0.1) is 0 Å². The second-order valence-electron chi connectivity index (χ2n) is 39.3. The van der Waals surface area contributed by atoms with Crippen molar-refractivity contribution >= 4 is 153 Å². The van der Waals surface area contributed by atoms with Crippen molar-refractivity contribution in [2.75, 3.05) is 20.0 Å². The van der Waals surface area contributed by atoms with E-state index < -0.39 is 0 Å². The first-order valence-electron chi connectivity index (χ1n) is 41.9. The Balaban J connectivity index is 0.000000129. The Labute approximate surface area is 675 Å². The van der Waals surface area contributed by atoms with Crippen molar-refractivity contribution in [3.63, 3.8) is 0 Å². The molecule has 1 N–H and O–H groups in total.